The third kappa shape index (κ3) is 6.43. The molecule has 0 radical (unpaired) electrons. The second-order valence-corrected chi connectivity index (χ2v) is 16.4. The van der Waals surface area contributed by atoms with E-state index in [4.69, 9.17) is 24.6 Å². The van der Waals surface area contributed by atoms with Gasteiger partial charge in [0, 0.05) is 49.1 Å². The molecule has 0 fully saturated rings. The monoisotopic (exact) mass is 824 g/mol. The van der Waals surface area contributed by atoms with Crippen molar-refractivity contribution in [3.05, 3.63) is 223 Å². The van der Waals surface area contributed by atoms with Crippen LogP contribution in [-0.4, -0.2) is 16.2 Å². The Morgan fingerprint density at radius 1 is 0.438 bits per heavy atom. The predicted molar refractivity (Wildman–Crippen MR) is 265 cm³/mol. The van der Waals surface area contributed by atoms with Crippen LogP contribution in [0.3, 0.4) is 0 Å². The first kappa shape index (κ1) is 37.3. The molecule has 9 aromatic carbocycles. The fraction of sp³-hybridized carbons (Fsp3) is 0.0345. The van der Waals surface area contributed by atoms with E-state index in [1.54, 1.807) is 0 Å². The van der Waals surface area contributed by atoms with Crippen molar-refractivity contribution in [1.82, 2.24) is 4.57 Å². The van der Waals surface area contributed by atoms with E-state index < -0.39 is 0 Å². The van der Waals surface area contributed by atoms with Crippen molar-refractivity contribution >= 4 is 77.4 Å². The van der Waals surface area contributed by atoms with E-state index in [1.165, 1.54) is 0 Å². The number of nitrogens with zero attached hydrogens (tertiary/aromatic N) is 3. The zero-order valence-corrected chi connectivity index (χ0v) is 34.9. The molecule has 6 heteroatoms. The molecule has 0 aliphatic carbocycles. The fourth-order valence-corrected chi connectivity index (χ4v) is 9.22. The van der Waals surface area contributed by atoms with Crippen LogP contribution in [-0.2, 0) is 0 Å². The summed E-state index contributed by atoms with van der Waals surface area (Å²) in [6, 6.07) is 71.4. The highest BCUT2D eigenvalue weighted by atomic mass is 16.3. The van der Waals surface area contributed by atoms with Crippen molar-refractivity contribution in [3.63, 3.8) is 0 Å². The van der Waals surface area contributed by atoms with Gasteiger partial charge in [-0.15, -0.1) is 0 Å². The summed E-state index contributed by atoms with van der Waals surface area (Å²) in [5.74, 6) is 0.935. The van der Waals surface area contributed by atoms with Crippen LogP contribution in [0.4, 0.5) is 0 Å². The topological polar surface area (TPSA) is 82.0 Å². The summed E-state index contributed by atoms with van der Waals surface area (Å²) < 4.78 is 14.8. The zero-order chi connectivity index (χ0) is 42.7. The molecular weight excluding hydrogens is 785 g/mol. The number of hydrogen-bond acceptors (Lipinski definition) is 3. The van der Waals surface area contributed by atoms with Crippen molar-refractivity contribution in [2.75, 3.05) is 0 Å². The predicted octanol–water partition coefficient (Wildman–Crippen LogP) is 14.8. The molecule has 0 aliphatic rings. The standard InChI is InChI=1S/C58H40N4O2/c1-36(37-14-4-2-5-15-37)60-58(38-16-6-3-7-17-38)61-57(59)43-30-42(41-26-29-56-50(35-41)47-20-10-13-23-54(47)64-56)31-44(32-43)62-51-21-11-8-18-45(51)48-33-39(24-27-52(48)62)40-25-28-55-49(34-40)46-19-9-12-22-53(46)63-55/h2-36H,1H3,(H2,59,60,61). The number of benzene rings is 9. The van der Waals surface area contributed by atoms with Crippen LogP contribution >= 0.6 is 0 Å². The highest BCUT2D eigenvalue weighted by Crippen LogP contribution is 2.39. The molecule has 12 rings (SSSR count). The minimum absolute atomic E-state index is 0.144. The first-order valence-corrected chi connectivity index (χ1v) is 21.6. The Morgan fingerprint density at radius 2 is 0.953 bits per heavy atom. The molecule has 6 nitrogen and oxygen atoms in total. The smallest absolute Gasteiger partial charge is 0.157 e. The summed E-state index contributed by atoms with van der Waals surface area (Å²) in [5, 5.41) is 6.66. The lowest BCUT2D eigenvalue weighted by molar-refractivity contribution is 0.668. The van der Waals surface area contributed by atoms with E-state index in [0.29, 0.717) is 11.7 Å². The van der Waals surface area contributed by atoms with Gasteiger partial charge in [-0.1, -0.05) is 133 Å². The molecule has 1 unspecified atom stereocenters. The van der Waals surface area contributed by atoms with Crippen molar-refractivity contribution < 1.29 is 8.83 Å². The van der Waals surface area contributed by atoms with Crippen LogP contribution in [0.5, 0.6) is 0 Å². The van der Waals surface area contributed by atoms with Crippen molar-refractivity contribution in [1.29, 1.82) is 0 Å². The number of amidine groups is 2. The number of rotatable bonds is 7. The lowest BCUT2D eigenvalue weighted by Gasteiger charge is -2.15. The molecule has 12 aromatic rings. The molecule has 304 valence electrons. The highest BCUT2D eigenvalue weighted by molar-refractivity contribution is 6.14. The average Bonchev–Trinajstić information content (AvgIpc) is 4.03. The van der Waals surface area contributed by atoms with Gasteiger partial charge in [0.25, 0.3) is 0 Å². The van der Waals surface area contributed by atoms with Gasteiger partial charge in [-0.25, -0.2) is 4.99 Å². The largest absolute Gasteiger partial charge is 0.456 e. The quantitative estimate of drug-likeness (QED) is 0.128. The normalized spacial score (nSPS) is 13.0. The Bertz CT molecular complexity index is 3820. The summed E-state index contributed by atoms with van der Waals surface area (Å²) in [6.07, 6.45) is 0. The van der Waals surface area contributed by atoms with E-state index in [-0.39, 0.29) is 6.04 Å². The number of nitrogens with two attached hydrogens (primary N) is 1. The molecule has 3 aromatic heterocycles. The fourth-order valence-electron chi connectivity index (χ4n) is 9.22. The van der Waals surface area contributed by atoms with Crippen molar-refractivity contribution in [3.8, 4) is 27.9 Å². The maximum atomic E-state index is 7.18. The van der Waals surface area contributed by atoms with Crippen LogP contribution in [0.2, 0.25) is 0 Å². The molecule has 0 amide bonds. The van der Waals surface area contributed by atoms with Crippen LogP contribution in [0, 0.1) is 0 Å². The maximum Gasteiger partial charge on any atom is 0.157 e. The molecule has 0 saturated heterocycles. The zero-order valence-electron chi connectivity index (χ0n) is 34.9. The lowest BCUT2D eigenvalue weighted by atomic mass is 9.99. The first-order chi connectivity index (χ1) is 31.5. The minimum atomic E-state index is -0.144. The van der Waals surface area contributed by atoms with Crippen LogP contribution in [0.25, 0.3) is 93.6 Å². The lowest BCUT2D eigenvalue weighted by Crippen LogP contribution is -2.17. The van der Waals surface area contributed by atoms with Gasteiger partial charge in [-0.3, -0.25) is 4.99 Å². The Labute approximate surface area is 368 Å². The summed E-state index contributed by atoms with van der Waals surface area (Å²) >= 11 is 0. The molecular formula is C58H40N4O2. The molecule has 1 atom stereocenters. The summed E-state index contributed by atoms with van der Waals surface area (Å²) in [7, 11) is 0. The van der Waals surface area contributed by atoms with Gasteiger partial charge < -0.3 is 19.1 Å². The summed E-state index contributed by atoms with van der Waals surface area (Å²) in [6.45, 7) is 2.09. The second-order valence-electron chi connectivity index (χ2n) is 16.4. The Kier molecular flexibility index (Phi) is 8.83. The van der Waals surface area contributed by atoms with E-state index in [0.717, 1.165) is 110 Å². The van der Waals surface area contributed by atoms with Crippen molar-refractivity contribution in [2.45, 2.75) is 13.0 Å². The SMILES string of the molecule is CC(N=C(N=C(N)c1cc(-c2ccc3oc4ccccc4c3c2)cc(-n2c3ccccc3c3cc(-c4ccc5oc6ccccc6c5c4)ccc32)c1)c1ccccc1)c1ccccc1. The van der Waals surface area contributed by atoms with Gasteiger partial charge >= 0.3 is 0 Å². The Balaban J connectivity index is 1.05. The van der Waals surface area contributed by atoms with E-state index >= 15 is 0 Å². The van der Waals surface area contributed by atoms with Crippen LogP contribution in [0.15, 0.2) is 225 Å². The molecule has 64 heavy (non-hydrogen) atoms. The summed E-state index contributed by atoms with van der Waals surface area (Å²) in [5.41, 5.74) is 20.9. The van der Waals surface area contributed by atoms with Gasteiger partial charge in [-0.2, -0.15) is 0 Å². The first-order valence-electron chi connectivity index (χ1n) is 21.6. The van der Waals surface area contributed by atoms with E-state index in [9.17, 15) is 0 Å². The molecule has 3 heterocycles. The number of aromatic nitrogens is 1. The second kappa shape index (κ2) is 15.2. The van der Waals surface area contributed by atoms with Gasteiger partial charge in [0.05, 0.1) is 17.1 Å². The molecule has 2 N–H and O–H groups in total. The van der Waals surface area contributed by atoms with E-state index in [1.807, 2.05) is 72.8 Å². The minimum Gasteiger partial charge on any atom is -0.456 e. The number of hydrogen-bond donors (Lipinski definition) is 1. The molecule has 0 spiro atoms. The maximum absolute atomic E-state index is 7.18. The number of furan rings is 2. The van der Waals surface area contributed by atoms with Gasteiger partial charge in [0.2, 0.25) is 0 Å². The van der Waals surface area contributed by atoms with E-state index in [2.05, 4.69) is 145 Å². The van der Waals surface area contributed by atoms with Crippen LogP contribution < -0.4 is 5.73 Å². The average molecular weight is 825 g/mol. The molecule has 0 bridgehead atoms. The number of aliphatic imine (C=N–C) groups is 2. The third-order valence-corrected chi connectivity index (χ3v) is 12.4. The van der Waals surface area contributed by atoms with Gasteiger partial charge in [0.15, 0.2) is 5.84 Å². The van der Waals surface area contributed by atoms with Crippen LogP contribution in [0.1, 0.15) is 29.7 Å². The highest BCUT2D eigenvalue weighted by Gasteiger charge is 2.18. The number of para-hydroxylation sites is 3. The molecule has 0 saturated carbocycles. The molecule has 0 aliphatic heterocycles. The summed E-state index contributed by atoms with van der Waals surface area (Å²) in [4.78, 5) is 10.3. The van der Waals surface area contributed by atoms with Crippen molar-refractivity contribution in [2.24, 2.45) is 15.7 Å². The number of fused-ring (bicyclic) bond motifs is 9. The third-order valence-electron chi connectivity index (χ3n) is 12.4. The Morgan fingerprint density at radius 3 is 1.62 bits per heavy atom. The van der Waals surface area contributed by atoms with Gasteiger partial charge in [0.1, 0.15) is 28.2 Å². The Hall–Kier alpha value is -8.48. The van der Waals surface area contributed by atoms with Gasteiger partial charge in [-0.05, 0) is 108 Å².